The van der Waals surface area contributed by atoms with E-state index in [1.165, 1.54) is 70.6 Å². The summed E-state index contributed by atoms with van der Waals surface area (Å²) < 4.78 is 10.7. The third kappa shape index (κ3) is 12.2. The predicted molar refractivity (Wildman–Crippen MR) is 113 cm³/mol. The maximum atomic E-state index is 9.94. The topological polar surface area (TPSA) is 79.2 Å². The summed E-state index contributed by atoms with van der Waals surface area (Å²) in [6.45, 7) is 3.08. The van der Waals surface area contributed by atoms with E-state index in [4.69, 9.17) is 9.47 Å². The highest BCUT2D eigenvalue weighted by Gasteiger charge is 2.39. The molecule has 0 radical (unpaired) electrons. The highest BCUT2D eigenvalue weighted by molar-refractivity contribution is 4.87. The normalized spacial score (nSPS) is 23.6. The fourth-order valence-corrected chi connectivity index (χ4v) is 3.54. The van der Waals surface area contributed by atoms with E-state index in [0.717, 1.165) is 12.8 Å². The van der Waals surface area contributed by atoms with Crippen LogP contribution in [-0.4, -0.2) is 59.6 Å². The lowest BCUT2D eigenvalue weighted by atomic mass is 10.1. The van der Waals surface area contributed by atoms with Crippen molar-refractivity contribution in [2.24, 2.45) is 0 Å². The Hall–Kier alpha value is -0.460. The van der Waals surface area contributed by atoms with Gasteiger partial charge in [-0.05, 0) is 32.1 Å². The Balaban J connectivity index is 1.79. The number of rotatable bonds is 18. The largest absolute Gasteiger partial charge is 0.388 e. The molecule has 0 spiro atoms. The van der Waals surface area contributed by atoms with Gasteiger partial charge in [0.2, 0.25) is 0 Å². The quantitative estimate of drug-likeness (QED) is 0.238. The monoisotopic (exact) mass is 400 g/mol. The van der Waals surface area contributed by atoms with Crippen LogP contribution in [0, 0.1) is 0 Å². The summed E-state index contributed by atoms with van der Waals surface area (Å²) in [5, 5.41) is 29.0. The van der Waals surface area contributed by atoms with E-state index in [9.17, 15) is 15.3 Å². The van der Waals surface area contributed by atoms with Gasteiger partial charge in [-0.2, -0.15) is 0 Å². The summed E-state index contributed by atoms with van der Waals surface area (Å²) >= 11 is 0. The predicted octanol–water partition coefficient (Wildman–Crippen LogP) is 4.13. The average Bonchev–Trinajstić information content (AvgIpc) is 3.03. The lowest BCUT2D eigenvalue weighted by Gasteiger charge is -2.20. The molecule has 5 nitrogen and oxygen atoms in total. The summed E-state index contributed by atoms with van der Waals surface area (Å²) in [6, 6.07) is 0. The van der Waals surface area contributed by atoms with Crippen LogP contribution in [0.1, 0.15) is 90.4 Å². The molecule has 1 heterocycles. The maximum Gasteiger partial charge on any atom is 0.114 e. The Morgan fingerprint density at radius 2 is 1.46 bits per heavy atom. The summed E-state index contributed by atoms with van der Waals surface area (Å²) in [4.78, 5) is 0. The minimum absolute atomic E-state index is 0.0672. The minimum Gasteiger partial charge on any atom is -0.388 e. The molecule has 0 aliphatic carbocycles. The van der Waals surface area contributed by atoms with E-state index in [1.807, 2.05) is 0 Å². The van der Waals surface area contributed by atoms with E-state index in [0.29, 0.717) is 6.61 Å². The molecule has 0 aromatic heterocycles. The Morgan fingerprint density at radius 1 is 0.893 bits per heavy atom. The first-order valence-electron chi connectivity index (χ1n) is 11.5. The molecule has 1 aliphatic heterocycles. The second kappa shape index (κ2) is 17.4. The summed E-state index contributed by atoms with van der Waals surface area (Å²) in [5.74, 6) is 0. The minimum atomic E-state index is -1.03. The molecule has 1 aliphatic rings. The third-order valence-corrected chi connectivity index (χ3v) is 5.41. The SMILES string of the molecule is CCCCCCC/C=C/CCCCCCCCOC[C@@H](O)[C@H]1OC[C@H](O)[C@H]1O. The van der Waals surface area contributed by atoms with Crippen molar-refractivity contribution in [2.45, 2.75) is 115 Å². The van der Waals surface area contributed by atoms with Gasteiger partial charge < -0.3 is 24.8 Å². The highest BCUT2D eigenvalue weighted by Crippen LogP contribution is 2.18. The Morgan fingerprint density at radius 3 is 2.04 bits per heavy atom. The number of allylic oxidation sites excluding steroid dienone is 2. The average molecular weight is 401 g/mol. The molecule has 0 unspecified atom stereocenters. The van der Waals surface area contributed by atoms with E-state index in [1.54, 1.807) is 0 Å². The smallest absolute Gasteiger partial charge is 0.114 e. The number of hydrogen-bond acceptors (Lipinski definition) is 5. The van der Waals surface area contributed by atoms with Crippen LogP contribution in [0.15, 0.2) is 12.2 Å². The van der Waals surface area contributed by atoms with E-state index in [2.05, 4.69) is 19.1 Å². The van der Waals surface area contributed by atoms with Gasteiger partial charge in [0.05, 0.1) is 13.2 Å². The Bertz CT molecular complexity index is 374. The van der Waals surface area contributed by atoms with Crippen molar-refractivity contribution in [3.05, 3.63) is 12.2 Å². The maximum absolute atomic E-state index is 9.94. The van der Waals surface area contributed by atoms with E-state index < -0.39 is 24.4 Å². The molecule has 1 saturated heterocycles. The number of unbranched alkanes of at least 4 members (excludes halogenated alkanes) is 11. The van der Waals surface area contributed by atoms with Gasteiger partial charge in [-0.15, -0.1) is 0 Å². The standard InChI is InChI=1S/C23H44O5/c1-2-3-4-5-6-7-8-9-10-11-12-13-14-15-16-17-27-18-21(25)23-22(26)20(24)19-28-23/h8-9,20-26H,2-7,10-19H2,1H3/b9-8+/t20-,21+,22+,23+/m0/s1. The fourth-order valence-electron chi connectivity index (χ4n) is 3.54. The zero-order valence-electron chi connectivity index (χ0n) is 17.9. The number of aliphatic hydroxyl groups excluding tert-OH is 3. The summed E-state index contributed by atoms with van der Waals surface area (Å²) in [7, 11) is 0. The van der Waals surface area contributed by atoms with Gasteiger partial charge in [0.25, 0.3) is 0 Å². The van der Waals surface area contributed by atoms with Crippen LogP contribution in [0.4, 0.5) is 0 Å². The molecule has 0 amide bonds. The number of hydrogen-bond donors (Lipinski definition) is 3. The first kappa shape index (κ1) is 25.6. The van der Waals surface area contributed by atoms with Gasteiger partial charge in [-0.1, -0.05) is 70.4 Å². The summed E-state index contributed by atoms with van der Waals surface area (Å²) in [6.07, 6.45) is 17.6. The molecule has 28 heavy (non-hydrogen) atoms. The van der Waals surface area contributed by atoms with Crippen LogP contribution in [0.5, 0.6) is 0 Å². The second-order valence-corrected chi connectivity index (χ2v) is 8.08. The fraction of sp³-hybridized carbons (Fsp3) is 0.913. The zero-order valence-corrected chi connectivity index (χ0v) is 17.9. The number of aliphatic hydroxyl groups is 3. The molecule has 0 saturated carbocycles. The van der Waals surface area contributed by atoms with Crippen LogP contribution in [0.25, 0.3) is 0 Å². The Kier molecular flexibility index (Phi) is 15.9. The van der Waals surface area contributed by atoms with Crippen molar-refractivity contribution in [3.63, 3.8) is 0 Å². The zero-order chi connectivity index (χ0) is 20.5. The van der Waals surface area contributed by atoms with Gasteiger partial charge in [-0.3, -0.25) is 0 Å². The lowest BCUT2D eigenvalue weighted by molar-refractivity contribution is -0.0813. The number of ether oxygens (including phenoxy) is 2. The van der Waals surface area contributed by atoms with Crippen molar-refractivity contribution in [3.8, 4) is 0 Å². The first-order valence-corrected chi connectivity index (χ1v) is 11.5. The molecular weight excluding hydrogens is 356 g/mol. The molecule has 0 aromatic rings. The van der Waals surface area contributed by atoms with Crippen molar-refractivity contribution >= 4 is 0 Å². The van der Waals surface area contributed by atoms with Crippen LogP contribution in [0.3, 0.4) is 0 Å². The van der Waals surface area contributed by atoms with E-state index in [-0.39, 0.29) is 13.2 Å². The molecule has 0 bridgehead atoms. The second-order valence-electron chi connectivity index (χ2n) is 8.08. The van der Waals surface area contributed by atoms with E-state index >= 15 is 0 Å². The van der Waals surface area contributed by atoms with Crippen LogP contribution < -0.4 is 0 Å². The molecule has 0 aromatic carbocycles. The summed E-state index contributed by atoms with van der Waals surface area (Å²) in [5.41, 5.74) is 0. The molecule has 3 N–H and O–H groups in total. The van der Waals surface area contributed by atoms with Gasteiger partial charge in [0.1, 0.15) is 24.4 Å². The van der Waals surface area contributed by atoms with Gasteiger partial charge in [0, 0.05) is 6.61 Å². The van der Waals surface area contributed by atoms with Crippen LogP contribution >= 0.6 is 0 Å². The third-order valence-electron chi connectivity index (χ3n) is 5.41. The first-order chi connectivity index (χ1) is 13.7. The molecule has 1 rings (SSSR count). The molecular formula is C23H44O5. The molecule has 4 atom stereocenters. The lowest BCUT2D eigenvalue weighted by Crippen LogP contribution is -2.40. The Labute approximate surface area is 172 Å². The van der Waals surface area contributed by atoms with Crippen LogP contribution in [-0.2, 0) is 9.47 Å². The molecule has 5 heteroatoms. The van der Waals surface area contributed by atoms with Gasteiger partial charge in [-0.25, -0.2) is 0 Å². The highest BCUT2D eigenvalue weighted by atomic mass is 16.5. The van der Waals surface area contributed by atoms with Gasteiger partial charge in [0.15, 0.2) is 0 Å². The van der Waals surface area contributed by atoms with Crippen LogP contribution in [0.2, 0.25) is 0 Å². The van der Waals surface area contributed by atoms with Crippen molar-refractivity contribution < 1.29 is 24.8 Å². The van der Waals surface area contributed by atoms with Gasteiger partial charge >= 0.3 is 0 Å². The van der Waals surface area contributed by atoms with Crippen molar-refractivity contribution in [1.82, 2.24) is 0 Å². The molecule has 1 fully saturated rings. The van der Waals surface area contributed by atoms with Crippen molar-refractivity contribution in [1.29, 1.82) is 0 Å². The molecule has 166 valence electrons. The van der Waals surface area contributed by atoms with Crippen molar-refractivity contribution in [2.75, 3.05) is 19.8 Å².